The van der Waals surface area contributed by atoms with E-state index in [2.05, 4.69) is 16.0 Å². The summed E-state index contributed by atoms with van der Waals surface area (Å²) < 4.78 is 0. The Balaban J connectivity index is 2.00. The molecule has 0 radical (unpaired) electrons. The van der Waals surface area contributed by atoms with Crippen molar-refractivity contribution in [3.05, 3.63) is 80.0 Å². The Morgan fingerprint density at radius 3 is 2.68 bits per heavy atom. The summed E-state index contributed by atoms with van der Waals surface area (Å²) in [5.41, 5.74) is 2.88. The zero-order chi connectivity index (χ0) is 20.4. The highest BCUT2D eigenvalue weighted by Gasteiger charge is 2.31. The number of allylic oxidation sites excluding steroid dienone is 1. The summed E-state index contributed by atoms with van der Waals surface area (Å²) in [5, 5.41) is 20.4. The number of benzene rings is 2. The smallest absolute Gasteiger partial charge is 0.288 e. The maximum Gasteiger partial charge on any atom is 0.288 e. The number of carbonyl (C=O) groups is 1. The largest absolute Gasteiger partial charge is 0.351 e. The minimum atomic E-state index is -0.658. The summed E-state index contributed by atoms with van der Waals surface area (Å²) >= 11 is 11.1. The van der Waals surface area contributed by atoms with Crippen molar-refractivity contribution in [1.82, 2.24) is 10.6 Å². The zero-order valence-corrected chi connectivity index (χ0v) is 16.6. The number of hydrogen-bond acceptors (Lipinski definition) is 4. The van der Waals surface area contributed by atoms with Gasteiger partial charge in [0.15, 0.2) is 5.11 Å². The van der Waals surface area contributed by atoms with Crippen LogP contribution in [0.5, 0.6) is 0 Å². The number of nitro benzene ring substituents is 1. The molecule has 1 atom stereocenters. The van der Waals surface area contributed by atoms with Crippen LogP contribution in [0.25, 0.3) is 0 Å². The lowest BCUT2D eigenvalue weighted by Crippen LogP contribution is -2.45. The molecule has 1 heterocycles. The monoisotopic (exact) mass is 416 g/mol. The van der Waals surface area contributed by atoms with Crippen molar-refractivity contribution in [1.29, 1.82) is 0 Å². The number of amides is 1. The van der Waals surface area contributed by atoms with Gasteiger partial charge in [-0.25, -0.2) is 0 Å². The van der Waals surface area contributed by atoms with Crippen LogP contribution in [0.1, 0.15) is 24.1 Å². The third-order valence-corrected chi connectivity index (χ3v) is 4.83. The molecule has 3 N–H and O–H groups in total. The molecule has 0 aromatic heterocycles. The molecule has 2 aromatic carbocycles. The van der Waals surface area contributed by atoms with Crippen LogP contribution >= 0.6 is 23.8 Å². The number of nitro groups is 1. The number of halogens is 1. The minimum Gasteiger partial charge on any atom is -0.351 e. The van der Waals surface area contributed by atoms with Crippen LogP contribution in [0, 0.1) is 17.0 Å². The summed E-state index contributed by atoms with van der Waals surface area (Å²) in [6.45, 7) is 3.66. The van der Waals surface area contributed by atoms with Gasteiger partial charge in [0.2, 0.25) is 0 Å². The molecule has 9 heteroatoms. The average Bonchev–Trinajstić information content (AvgIpc) is 2.61. The standard InChI is InChI=1S/C19H17ClN4O3S/c1-10-4-3-5-13(8-10)22-18(25)16-11(2)21-19(28)23-17(16)12-6-7-14(20)15(9-12)24(26)27/h3-9,17H,1-2H3,(H,22,25)(H2,21,23,28)/t17-/m1/s1. The number of rotatable bonds is 4. The average molecular weight is 417 g/mol. The first-order valence-electron chi connectivity index (χ1n) is 8.36. The maximum atomic E-state index is 13.0. The second-order valence-electron chi connectivity index (χ2n) is 6.36. The highest BCUT2D eigenvalue weighted by molar-refractivity contribution is 7.80. The van der Waals surface area contributed by atoms with E-state index < -0.39 is 11.0 Å². The van der Waals surface area contributed by atoms with Gasteiger partial charge in [-0.15, -0.1) is 0 Å². The van der Waals surface area contributed by atoms with E-state index >= 15 is 0 Å². The van der Waals surface area contributed by atoms with Gasteiger partial charge in [0.25, 0.3) is 11.6 Å². The normalized spacial score (nSPS) is 16.2. The second kappa shape index (κ2) is 7.95. The van der Waals surface area contributed by atoms with Crippen molar-refractivity contribution >= 4 is 46.2 Å². The first-order chi connectivity index (χ1) is 13.3. The van der Waals surface area contributed by atoms with Gasteiger partial charge in [0, 0.05) is 17.5 Å². The SMILES string of the molecule is CC1=C(C(=O)Nc2cccc(C)c2)[C@@H](c2ccc(Cl)c([N+](=O)[O-])c2)NC(=S)N1. The van der Waals surface area contributed by atoms with Crippen LogP contribution in [-0.2, 0) is 4.79 Å². The van der Waals surface area contributed by atoms with Gasteiger partial charge in [-0.05, 0) is 55.4 Å². The highest BCUT2D eigenvalue weighted by atomic mass is 35.5. The Morgan fingerprint density at radius 1 is 1.25 bits per heavy atom. The van der Waals surface area contributed by atoms with E-state index in [1.165, 1.54) is 12.1 Å². The molecule has 7 nitrogen and oxygen atoms in total. The number of aryl methyl sites for hydroxylation is 1. The molecule has 0 saturated carbocycles. The van der Waals surface area contributed by atoms with Gasteiger partial charge in [0.05, 0.1) is 16.5 Å². The molecule has 28 heavy (non-hydrogen) atoms. The minimum absolute atomic E-state index is 0.0247. The van der Waals surface area contributed by atoms with Gasteiger partial charge >= 0.3 is 0 Å². The summed E-state index contributed by atoms with van der Waals surface area (Å²) in [6, 6.07) is 11.2. The maximum absolute atomic E-state index is 13.0. The fourth-order valence-corrected chi connectivity index (χ4v) is 3.47. The first kappa shape index (κ1) is 19.8. The van der Waals surface area contributed by atoms with Gasteiger partial charge in [-0.1, -0.05) is 29.8 Å². The second-order valence-corrected chi connectivity index (χ2v) is 7.18. The number of nitrogens with zero attached hydrogens (tertiary/aromatic N) is 1. The van der Waals surface area contributed by atoms with Gasteiger partial charge in [-0.2, -0.15) is 0 Å². The summed E-state index contributed by atoms with van der Waals surface area (Å²) in [6.07, 6.45) is 0. The van der Waals surface area contributed by atoms with Crippen LogP contribution in [0.4, 0.5) is 11.4 Å². The van der Waals surface area contributed by atoms with Crippen LogP contribution in [0.2, 0.25) is 5.02 Å². The lowest BCUT2D eigenvalue weighted by Gasteiger charge is -2.30. The molecule has 144 valence electrons. The van der Waals surface area contributed by atoms with Crippen LogP contribution < -0.4 is 16.0 Å². The number of carbonyl (C=O) groups excluding carboxylic acids is 1. The third-order valence-electron chi connectivity index (χ3n) is 4.29. The fourth-order valence-electron chi connectivity index (χ4n) is 3.02. The van der Waals surface area contributed by atoms with E-state index in [0.717, 1.165) is 5.56 Å². The molecule has 1 amide bonds. The van der Waals surface area contributed by atoms with Crippen LogP contribution in [-0.4, -0.2) is 15.9 Å². The molecule has 0 bridgehead atoms. The van der Waals surface area contributed by atoms with E-state index in [1.54, 1.807) is 19.1 Å². The van der Waals surface area contributed by atoms with E-state index in [9.17, 15) is 14.9 Å². The summed E-state index contributed by atoms with van der Waals surface area (Å²) in [7, 11) is 0. The lowest BCUT2D eigenvalue weighted by atomic mass is 9.94. The molecule has 2 aromatic rings. The lowest BCUT2D eigenvalue weighted by molar-refractivity contribution is -0.384. The summed E-state index contributed by atoms with van der Waals surface area (Å²) in [5.74, 6) is -0.340. The molecule has 0 unspecified atom stereocenters. The Hall–Kier alpha value is -2.97. The number of anilines is 1. The van der Waals surface area contributed by atoms with Gasteiger partial charge in [0.1, 0.15) is 5.02 Å². The van der Waals surface area contributed by atoms with Crippen molar-refractivity contribution in [2.75, 3.05) is 5.32 Å². The summed E-state index contributed by atoms with van der Waals surface area (Å²) in [4.78, 5) is 23.7. The Labute approximate surface area is 171 Å². The van der Waals surface area contributed by atoms with Crippen molar-refractivity contribution < 1.29 is 9.72 Å². The molecule has 0 saturated heterocycles. The number of hydrogen-bond donors (Lipinski definition) is 3. The molecule has 0 aliphatic carbocycles. The van der Waals surface area contributed by atoms with Crippen molar-refractivity contribution in [3.63, 3.8) is 0 Å². The van der Waals surface area contributed by atoms with Crippen molar-refractivity contribution in [2.45, 2.75) is 19.9 Å². The van der Waals surface area contributed by atoms with Crippen molar-refractivity contribution in [3.8, 4) is 0 Å². The zero-order valence-electron chi connectivity index (χ0n) is 15.1. The van der Waals surface area contributed by atoms with Crippen molar-refractivity contribution in [2.24, 2.45) is 0 Å². The van der Waals surface area contributed by atoms with Gasteiger partial charge in [-0.3, -0.25) is 14.9 Å². The van der Waals surface area contributed by atoms with E-state index in [-0.39, 0.29) is 16.6 Å². The molecular formula is C19H17ClN4O3S. The van der Waals surface area contributed by atoms with E-state index in [4.69, 9.17) is 23.8 Å². The predicted octanol–water partition coefficient (Wildman–Crippen LogP) is 3.99. The Kier molecular flexibility index (Phi) is 5.62. The molecule has 1 aliphatic rings. The van der Waals surface area contributed by atoms with Crippen LogP contribution in [0.15, 0.2) is 53.7 Å². The van der Waals surface area contributed by atoms with E-state index in [0.29, 0.717) is 27.6 Å². The van der Waals surface area contributed by atoms with Gasteiger partial charge < -0.3 is 16.0 Å². The highest BCUT2D eigenvalue weighted by Crippen LogP contribution is 2.33. The third kappa shape index (κ3) is 4.13. The molecular weight excluding hydrogens is 400 g/mol. The predicted molar refractivity (Wildman–Crippen MR) is 112 cm³/mol. The Morgan fingerprint density at radius 2 is 2.00 bits per heavy atom. The fraction of sp³-hybridized carbons (Fsp3) is 0.158. The van der Waals surface area contributed by atoms with Crippen LogP contribution in [0.3, 0.4) is 0 Å². The molecule has 0 fully saturated rings. The first-order valence-corrected chi connectivity index (χ1v) is 9.15. The topological polar surface area (TPSA) is 96.3 Å². The quantitative estimate of drug-likeness (QED) is 0.396. The molecule has 3 rings (SSSR count). The number of thiocarbonyl (C=S) groups is 1. The number of nitrogens with one attached hydrogen (secondary N) is 3. The molecule has 0 spiro atoms. The Bertz CT molecular complexity index is 1020. The molecule has 1 aliphatic heterocycles. The van der Waals surface area contributed by atoms with E-state index in [1.807, 2.05) is 25.1 Å².